The van der Waals surface area contributed by atoms with Crippen molar-refractivity contribution in [3.05, 3.63) is 125 Å². The zero-order valence-electron chi connectivity index (χ0n) is 26.6. The van der Waals surface area contributed by atoms with Crippen molar-refractivity contribution in [2.24, 2.45) is 0 Å². The smallest absolute Gasteiger partial charge is 0.203 e. The minimum atomic E-state index is -1.80. The molecule has 0 heterocycles. The maximum Gasteiger partial charge on any atom is 0.522 e. The fourth-order valence-electron chi connectivity index (χ4n) is 6.57. The minimum absolute atomic E-state index is 0.107. The van der Waals surface area contributed by atoms with Crippen LogP contribution in [0.4, 0.5) is 35.1 Å². The van der Waals surface area contributed by atoms with Crippen molar-refractivity contribution < 1.29 is 35.1 Å². The number of allylic oxidation sites excluding steroid dienone is 3. The minimum Gasteiger partial charge on any atom is -0.203 e. The highest BCUT2D eigenvalue weighted by Crippen LogP contribution is 2.41. The number of nitrogens with zero attached hydrogens (tertiary/aromatic N) is 4. The molecule has 0 aliphatic heterocycles. The second kappa shape index (κ2) is 14.0. The van der Waals surface area contributed by atoms with Crippen molar-refractivity contribution in [1.82, 2.24) is 0 Å². The molecule has 0 radical (unpaired) electrons. The second-order valence-electron chi connectivity index (χ2n) is 11.8. The van der Waals surface area contributed by atoms with E-state index in [2.05, 4.69) is 9.69 Å². The van der Waals surface area contributed by atoms with Gasteiger partial charge in [-0.2, -0.15) is 20.2 Å². The third-order valence-electron chi connectivity index (χ3n) is 8.98. The quantitative estimate of drug-likeness (QED) is 0.103. The molecule has 2 aliphatic carbocycles. The molecule has 0 saturated heterocycles. The van der Waals surface area contributed by atoms with Crippen molar-refractivity contribution in [3.8, 4) is 34.4 Å². The fourth-order valence-corrected chi connectivity index (χ4v) is 6.57. The molecule has 5 rings (SSSR count). The summed E-state index contributed by atoms with van der Waals surface area (Å²) in [6, 6.07) is 3.29. The van der Waals surface area contributed by atoms with Gasteiger partial charge >= 0.3 is 5.82 Å². The fraction of sp³-hybridized carbons (Fsp3) is 0.263. The predicted molar refractivity (Wildman–Crippen MR) is 168 cm³/mol. The lowest BCUT2D eigenvalue weighted by molar-refractivity contribution is 0.440. The molecule has 0 spiro atoms. The summed E-state index contributed by atoms with van der Waals surface area (Å²) in [5, 5.41) is 18.6. The van der Waals surface area contributed by atoms with Gasteiger partial charge in [0.05, 0.1) is 16.7 Å². The van der Waals surface area contributed by atoms with E-state index >= 15 is 35.1 Å². The molecule has 3 aromatic rings. The summed E-state index contributed by atoms with van der Waals surface area (Å²) in [6.07, 6.45) is 1.72. The Hall–Kier alpha value is -5.72. The molecular weight excluding hydrogens is 664 g/mol. The number of rotatable bonds is 8. The Morgan fingerprint density at radius 2 is 0.960 bits per heavy atom. The summed E-state index contributed by atoms with van der Waals surface area (Å²) >= 11 is 0. The zero-order valence-corrected chi connectivity index (χ0v) is 26.6. The number of fused-ring (bicyclic) bond motifs is 2. The molecule has 252 valence electrons. The van der Waals surface area contributed by atoms with Crippen LogP contribution >= 0.6 is 0 Å². The lowest BCUT2D eigenvalue weighted by Gasteiger charge is -2.20. The van der Waals surface area contributed by atoms with Gasteiger partial charge < -0.3 is 0 Å². The number of hydrogen-bond acceptors (Lipinski definition) is 2. The van der Waals surface area contributed by atoms with E-state index < -0.39 is 104 Å². The van der Waals surface area contributed by atoms with Crippen LogP contribution in [0.2, 0.25) is 0 Å². The first-order chi connectivity index (χ1) is 23.9. The summed E-state index contributed by atoms with van der Waals surface area (Å²) in [4.78, 5) is 6.28. The molecule has 12 heteroatoms. The van der Waals surface area contributed by atoms with Crippen LogP contribution in [0.3, 0.4) is 0 Å². The maximum absolute atomic E-state index is 16.1. The molecule has 0 aromatic heterocycles. The Morgan fingerprint density at radius 3 is 1.30 bits per heavy atom. The van der Waals surface area contributed by atoms with Crippen LogP contribution in [0.5, 0.6) is 0 Å². The van der Waals surface area contributed by atoms with Gasteiger partial charge in [-0.05, 0) is 76.4 Å². The summed E-state index contributed by atoms with van der Waals surface area (Å²) in [5.41, 5.74) is -6.48. The van der Waals surface area contributed by atoms with Gasteiger partial charge in [-0.1, -0.05) is 32.8 Å². The first-order valence-electron chi connectivity index (χ1n) is 15.5. The Balaban J connectivity index is 2.06. The van der Waals surface area contributed by atoms with Gasteiger partial charge in [-0.3, -0.25) is 0 Å². The number of benzene rings is 3. The van der Waals surface area contributed by atoms with Crippen molar-refractivity contribution in [1.29, 1.82) is 10.5 Å². The van der Waals surface area contributed by atoms with Crippen LogP contribution in [-0.2, 0) is 25.7 Å². The van der Waals surface area contributed by atoms with Crippen molar-refractivity contribution in [3.63, 3.8) is 0 Å². The highest BCUT2D eigenvalue weighted by Gasteiger charge is 2.37. The Labute approximate surface area is 281 Å². The highest BCUT2D eigenvalue weighted by atomic mass is 19.2. The van der Waals surface area contributed by atoms with E-state index in [9.17, 15) is 10.5 Å². The first kappa shape index (κ1) is 35.6. The molecule has 0 fully saturated rings. The van der Waals surface area contributed by atoms with E-state index in [1.807, 2.05) is 0 Å². The van der Waals surface area contributed by atoms with E-state index in [-0.39, 0.29) is 58.4 Å². The van der Waals surface area contributed by atoms with Gasteiger partial charge in [-0.25, -0.2) is 35.1 Å². The number of unbranched alkanes of at least 4 members (excludes halogenated alkanes) is 2. The SMILES string of the molecule is [C-]#[N+]C([N+]#[C-])=C1C=c2c(c(-c3c(F)c(F)c(CCCC)c(F)c3F)c3c(c2-c2c(F)c(F)c(CCCC)c(F)c2F)CC(=C(C#N)C#N)C=3)C1. The number of nitriles is 2. The van der Waals surface area contributed by atoms with Gasteiger partial charge in [-0.15, -0.1) is 0 Å². The molecule has 0 amide bonds. The first-order valence-corrected chi connectivity index (χ1v) is 15.5. The van der Waals surface area contributed by atoms with E-state index in [1.165, 1.54) is 0 Å². The third kappa shape index (κ3) is 5.52. The van der Waals surface area contributed by atoms with Crippen LogP contribution in [-0.4, -0.2) is 0 Å². The lowest BCUT2D eigenvalue weighted by atomic mass is 9.85. The second-order valence-corrected chi connectivity index (χ2v) is 11.8. The Bertz CT molecular complexity index is 2120. The summed E-state index contributed by atoms with van der Waals surface area (Å²) in [7, 11) is 0. The summed E-state index contributed by atoms with van der Waals surface area (Å²) in [6.45, 7) is 18.3. The standard InChI is InChI=1S/C38H24F8N4/c1-5-7-9-20-30(39)34(43)28(35(44)31(20)40)26-22-11-17(19(15-47)16-48)12-23(22)27(25-14-18(13-24(25)26)38(49-3)50-4)29-36(45)32(41)21(10-8-6-2)33(42)37(29)46/h11,14H,5-10,12-13H2,1-2H3. The van der Waals surface area contributed by atoms with Crippen LogP contribution in [0.25, 0.3) is 44.1 Å². The number of hydrogen-bond donors (Lipinski definition) is 0. The molecule has 0 bridgehead atoms. The molecule has 0 N–H and O–H groups in total. The van der Waals surface area contributed by atoms with Gasteiger partial charge in [0.25, 0.3) is 0 Å². The van der Waals surface area contributed by atoms with Crippen molar-refractivity contribution in [2.45, 2.75) is 65.2 Å². The average molecular weight is 689 g/mol. The van der Waals surface area contributed by atoms with Gasteiger partial charge in [0, 0.05) is 17.5 Å². The Kier molecular flexibility index (Phi) is 9.98. The van der Waals surface area contributed by atoms with Crippen LogP contribution in [0.1, 0.15) is 61.8 Å². The number of halogens is 8. The van der Waals surface area contributed by atoms with Gasteiger partial charge in [0.2, 0.25) is 0 Å². The summed E-state index contributed by atoms with van der Waals surface area (Å²) < 4.78 is 126. The predicted octanol–water partition coefficient (Wildman–Crippen LogP) is 8.89. The topological polar surface area (TPSA) is 56.3 Å². The molecular formula is C38H24F8N4. The molecule has 0 unspecified atom stereocenters. The molecule has 3 aromatic carbocycles. The van der Waals surface area contributed by atoms with E-state index in [0.29, 0.717) is 12.8 Å². The molecule has 50 heavy (non-hydrogen) atoms. The van der Waals surface area contributed by atoms with Crippen LogP contribution in [0, 0.1) is 82.3 Å². The molecule has 0 atom stereocenters. The highest BCUT2D eigenvalue weighted by molar-refractivity contribution is 5.88. The third-order valence-corrected chi connectivity index (χ3v) is 8.98. The van der Waals surface area contributed by atoms with E-state index in [1.54, 1.807) is 26.0 Å². The molecule has 0 saturated carbocycles. The Morgan fingerprint density at radius 1 is 0.600 bits per heavy atom. The largest absolute Gasteiger partial charge is 0.522 e. The maximum atomic E-state index is 16.1. The van der Waals surface area contributed by atoms with Crippen molar-refractivity contribution in [2.75, 3.05) is 0 Å². The van der Waals surface area contributed by atoms with E-state index in [4.69, 9.17) is 13.1 Å². The zero-order chi connectivity index (χ0) is 36.6. The van der Waals surface area contributed by atoms with Gasteiger partial charge in [0.15, 0.2) is 46.5 Å². The normalized spacial score (nSPS) is 12.7. The van der Waals surface area contributed by atoms with Crippen molar-refractivity contribution >= 4 is 12.2 Å². The van der Waals surface area contributed by atoms with Gasteiger partial charge in [0.1, 0.15) is 30.9 Å². The molecule has 4 nitrogen and oxygen atoms in total. The van der Waals surface area contributed by atoms with Crippen LogP contribution in [0.15, 0.2) is 22.5 Å². The lowest BCUT2D eigenvalue weighted by Crippen LogP contribution is -2.25. The van der Waals surface area contributed by atoms with Crippen LogP contribution < -0.4 is 10.4 Å². The van der Waals surface area contributed by atoms with E-state index in [0.717, 1.165) is 12.2 Å². The molecule has 2 aliphatic rings. The average Bonchev–Trinajstić information content (AvgIpc) is 3.74. The monoisotopic (exact) mass is 688 g/mol. The summed E-state index contributed by atoms with van der Waals surface area (Å²) in [5.74, 6) is -14.5.